The number of carbonyl (C=O) groups excluding carboxylic acids is 1. The highest BCUT2D eigenvalue weighted by atomic mass is 16.5. The Bertz CT molecular complexity index is 219. The summed E-state index contributed by atoms with van der Waals surface area (Å²) >= 11 is 0. The van der Waals surface area contributed by atoms with Crippen LogP contribution in [0.1, 0.15) is 13.8 Å². The first-order chi connectivity index (χ1) is 6.97. The van der Waals surface area contributed by atoms with Crippen molar-refractivity contribution in [2.24, 2.45) is 0 Å². The molecule has 0 fully saturated rings. The number of rotatable bonds is 7. The van der Waals surface area contributed by atoms with Gasteiger partial charge in [-0.05, 0) is 13.8 Å². The van der Waals surface area contributed by atoms with Crippen molar-refractivity contribution in [3.05, 3.63) is 0 Å². The smallest absolute Gasteiger partial charge is 0.332 e. The van der Waals surface area contributed by atoms with E-state index in [1.807, 2.05) is 0 Å². The van der Waals surface area contributed by atoms with E-state index in [4.69, 9.17) is 14.6 Å². The van der Waals surface area contributed by atoms with E-state index in [-0.39, 0.29) is 18.6 Å². The van der Waals surface area contributed by atoms with Crippen LogP contribution in [-0.4, -0.2) is 49.5 Å². The number of aliphatic carboxylic acids is 1. The van der Waals surface area contributed by atoms with Crippen molar-refractivity contribution in [2.75, 3.05) is 20.3 Å². The summed E-state index contributed by atoms with van der Waals surface area (Å²) in [6.07, 6.45) is -0.978. The number of ether oxygens (including phenoxy) is 2. The molecular weight excluding hydrogens is 202 g/mol. The molecule has 0 bridgehead atoms. The highest BCUT2D eigenvalue weighted by Crippen LogP contribution is 1.90. The Morgan fingerprint density at radius 3 is 2.47 bits per heavy atom. The zero-order valence-electron chi connectivity index (χ0n) is 9.15. The molecule has 2 N–H and O–H groups in total. The van der Waals surface area contributed by atoms with Crippen LogP contribution < -0.4 is 5.32 Å². The van der Waals surface area contributed by atoms with Gasteiger partial charge >= 0.3 is 5.97 Å². The van der Waals surface area contributed by atoms with Crippen LogP contribution in [-0.2, 0) is 19.1 Å². The Labute approximate surface area is 88.6 Å². The second-order valence-corrected chi connectivity index (χ2v) is 3.22. The maximum atomic E-state index is 11.2. The van der Waals surface area contributed by atoms with Gasteiger partial charge in [0.25, 0.3) is 0 Å². The third kappa shape index (κ3) is 6.87. The average molecular weight is 219 g/mol. The van der Waals surface area contributed by atoms with Crippen LogP contribution >= 0.6 is 0 Å². The van der Waals surface area contributed by atoms with Crippen LogP contribution in [0.25, 0.3) is 0 Å². The molecule has 0 heterocycles. The van der Waals surface area contributed by atoms with Gasteiger partial charge in [-0.25, -0.2) is 4.79 Å². The molecule has 0 saturated heterocycles. The maximum absolute atomic E-state index is 11.2. The van der Waals surface area contributed by atoms with Crippen LogP contribution in [0.4, 0.5) is 0 Å². The highest BCUT2D eigenvalue weighted by molar-refractivity contribution is 5.78. The fourth-order valence-electron chi connectivity index (χ4n) is 0.880. The van der Waals surface area contributed by atoms with Crippen molar-refractivity contribution in [3.63, 3.8) is 0 Å². The quantitative estimate of drug-likeness (QED) is 0.610. The zero-order valence-corrected chi connectivity index (χ0v) is 9.15. The summed E-state index contributed by atoms with van der Waals surface area (Å²) < 4.78 is 9.61. The van der Waals surface area contributed by atoms with Crippen molar-refractivity contribution in [1.29, 1.82) is 0 Å². The third-order valence-electron chi connectivity index (χ3n) is 1.64. The molecule has 0 aromatic rings. The first-order valence-corrected chi connectivity index (χ1v) is 4.60. The Morgan fingerprint density at radius 1 is 1.40 bits per heavy atom. The number of carbonyl (C=O) groups is 2. The number of carboxylic acids is 1. The van der Waals surface area contributed by atoms with Gasteiger partial charge in [0, 0.05) is 13.2 Å². The lowest BCUT2D eigenvalue weighted by atomic mass is 10.3. The van der Waals surface area contributed by atoms with E-state index in [0.717, 1.165) is 0 Å². The molecule has 0 aliphatic carbocycles. The lowest BCUT2D eigenvalue weighted by molar-refractivity contribution is -0.150. The minimum absolute atomic E-state index is 0.119. The fourth-order valence-corrected chi connectivity index (χ4v) is 0.880. The highest BCUT2D eigenvalue weighted by Gasteiger charge is 2.14. The Morgan fingerprint density at radius 2 is 2.00 bits per heavy atom. The van der Waals surface area contributed by atoms with Crippen LogP contribution in [0.2, 0.25) is 0 Å². The number of methoxy groups -OCH3 is 1. The molecule has 0 aliphatic rings. The summed E-state index contributed by atoms with van der Waals surface area (Å²) in [4.78, 5) is 21.5. The Balaban J connectivity index is 3.70. The molecule has 0 aromatic carbocycles. The monoisotopic (exact) mass is 219 g/mol. The topological polar surface area (TPSA) is 84.9 Å². The lowest BCUT2D eigenvalue weighted by Gasteiger charge is -2.13. The van der Waals surface area contributed by atoms with Gasteiger partial charge in [0.2, 0.25) is 5.91 Å². The van der Waals surface area contributed by atoms with E-state index >= 15 is 0 Å². The molecule has 0 saturated carbocycles. The first kappa shape index (κ1) is 13.9. The second kappa shape index (κ2) is 7.19. The van der Waals surface area contributed by atoms with Gasteiger partial charge in [-0.15, -0.1) is 0 Å². The van der Waals surface area contributed by atoms with E-state index < -0.39 is 12.1 Å². The van der Waals surface area contributed by atoms with Crippen molar-refractivity contribution in [2.45, 2.75) is 26.0 Å². The van der Waals surface area contributed by atoms with Crippen LogP contribution in [0.15, 0.2) is 0 Å². The average Bonchev–Trinajstić information content (AvgIpc) is 2.14. The van der Waals surface area contributed by atoms with Gasteiger partial charge in [-0.1, -0.05) is 0 Å². The molecule has 0 aromatic heterocycles. The maximum Gasteiger partial charge on any atom is 0.332 e. The fraction of sp³-hybridized carbons (Fsp3) is 0.778. The molecular formula is C9H17NO5. The summed E-state index contributed by atoms with van der Waals surface area (Å²) in [6, 6.07) is -0.119. The predicted molar refractivity (Wildman–Crippen MR) is 52.5 cm³/mol. The Kier molecular flexibility index (Phi) is 6.64. The number of nitrogens with one attached hydrogen (secondary N) is 1. The van der Waals surface area contributed by atoms with E-state index in [1.54, 1.807) is 6.92 Å². The van der Waals surface area contributed by atoms with Crippen molar-refractivity contribution < 1.29 is 24.2 Å². The summed E-state index contributed by atoms with van der Waals surface area (Å²) in [6.45, 7) is 3.29. The first-order valence-electron chi connectivity index (χ1n) is 4.60. The van der Waals surface area contributed by atoms with Crippen molar-refractivity contribution in [3.8, 4) is 0 Å². The summed E-state index contributed by atoms with van der Waals surface area (Å²) in [5.41, 5.74) is 0. The van der Waals surface area contributed by atoms with E-state index in [9.17, 15) is 9.59 Å². The molecule has 1 unspecified atom stereocenters. The SMILES string of the molecule is COCC(C)NC(=O)CO[C@@H](C)C(=O)O. The second-order valence-electron chi connectivity index (χ2n) is 3.22. The van der Waals surface area contributed by atoms with Crippen molar-refractivity contribution in [1.82, 2.24) is 5.32 Å². The molecule has 0 radical (unpaired) electrons. The predicted octanol–water partition coefficient (Wildman–Crippen LogP) is -0.373. The van der Waals surface area contributed by atoms with Gasteiger partial charge < -0.3 is 19.9 Å². The van der Waals surface area contributed by atoms with E-state index in [1.165, 1.54) is 14.0 Å². The van der Waals surface area contributed by atoms with Crippen LogP contribution in [0.3, 0.4) is 0 Å². The minimum Gasteiger partial charge on any atom is -0.479 e. The number of hydrogen-bond acceptors (Lipinski definition) is 4. The molecule has 6 nitrogen and oxygen atoms in total. The van der Waals surface area contributed by atoms with Crippen molar-refractivity contribution >= 4 is 11.9 Å². The molecule has 1 amide bonds. The van der Waals surface area contributed by atoms with Gasteiger partial charge in [0.1, 0.15) is 6.61 Å². The normalized spacial score (nSPS) is 14.3. The zero-order chi connectivity index (χ0) is 11.8. The van der Waals surface area contributed by atoms with Crippen LogP contribution in [0, 0.1) is 0 Å². The van der Waals surface area contributed by atoms with Gasteiger partial charge in [0.15, 0.2) is 6.10 Å². The third-order valence-corrected chi connectivity index (χ3v) is 1.64. The molecule has 0 aliphatic heterocycles. The number of carboxylic acid groups (broad SMARTS) is 1. The molecule has 0 rings (SSSR count). The lowest BCUT2D eigenvalue weighted by Crippen LogP contribution is -2.39. The summed E-state index contributed by atoms with van der Waals surface area (Å²) in [5, 5.41) is 11.1. The largest absolute Gasteiger partial charge is 0.479 e. The van der Waals surface area contributed by atoms with Crippen LogP contribution in [0.5, 0.6) is 0 Å². The van der Waals surface area contributed by atoms with E-state index in [2.05, 4.69) is 5.32 Å². The number of hydrogen-bond donors (Lipinski definition) is 2. The molecule has 15 heavy (non-hydrogen) atoms. The summed E-state index contributed by atoms with van der Waals surface area (Å²) in [7, 11) is 1.53. The van der Waals surface area contributed by atoms with Gasteiger partial charge in [0.05, 0.1) is 6.61 Å². The molecule has 6 heteroatoms. The molecule has 2 atom stereocenters. The molecule has 0 spiro atoms. The Hall–Kier alpha value is -1.14. The standard InChI is InChI=1S/C9H17NO5/c1-6(4-14-3)10-8(11)5-15-7(2)9(12)13/h6-7H,4-5H2,1-3H3,(H,10,11)(H,12,13)/t6?,7-/m0/s1. The van der Waals surface area contributed by atoms with E-state index in [0.29, 0.717) is 6.61 Å². The minimum atomic E-state index is -1.09. The van der Waals surface area contributed by atoms with Gasteiger partial charge in [-0.2, -0.15) is 0 Å². The molecule has 88 valence electrons. The van der Waals surface area contributed by atoms with Gasteiger partial charge in [-0.3, -0.25) is 4.79 Å². The summed E-state index contributed by atoms with van der Waals surface area (Å²) in [5.74, 6) is -1.44. The number of amides is 1.